The van der Waals surface area contributed by atoms with Crippen molar-refractivity contribution in [3.05, 3.63) is 170 Å². The number of fused-ring (bicyclic) bond motifs is 10. The van der Waals surface area contributed by atoms with Crippen LogP contribution in [0.4, 0.5) is 0 Å². The van der Waals surface area contributed by atoms with E-state index in [4.69, 9.17) is 4.98 Å². The Hall–Kier alpha value is -6.25. The van der Waals surface area contributed by atoms with Crippen LogP contribution < -0.4 is 0 Å². The number of para-hydroxylation sites is 2. The van der Waals surface area contributed by atoms with Crippen molar-refractivity contribution in [2.45, 2.75) is 0 Å². The molecule has 10 rings (SSSR count). The van der Waals surface area contributed by atoms with Gasteiger partial charge >= 0.3 is 0 Å². The molecule has 2 heterocycles. The Balaban J connectivity index is 1.29. The molecule has 2 nitrogen and oxygen atoms in total. The molecule has 0 saturated heterocycles. The fraction of sp³-hybridized carbons (Fsp3) is 0. The highest BCUT2D eigenvalue weighted by Crippen LogP contribution is 2.43. The van der Waals surface area contributed by atoms with Crippen molar-refractivity contribution < 1.29 is 0 Å². The molecule has 8 aromatic carbocycles. The Labute approximate surface area is 271 Å². The van der Waals surface area contributed by atoms with Gasteiger partial charge in [-0.25, -0.2) is 4.98 Å². The molecule has 218 valence electrons. The highest BCUT2D eigenvalue weighted by Gasteiger charge is 2.19. The molecule has 0 bridgehead atoms. The summed E-state index contributed by atoms with van der Waals surface area (Å²) in [7, 11) is 0. The van der Waals surface area contributed by atoms with Gasteiger partial charge in [-0.3, -0.25) is 0 Å². The summed E-state index contributed by atoms with van der Waals surface area (Å²) in [4.78, 5) is 5.21. The number of pyridine rings is 1. The second-order valence-corrected chi connectivity index (χ2v) is 12.3. The molecule has 0 spiro atoms. The van der Waals surface area contributed by atoms with Crippen LogP contribution in [0, 0.1) is 0 Å². The standard InChI is InChI=1S/C45H28N2/c1-2-13-29(14-3-1)45-38-25-26-42-44(43(38)36-21-8-10-23-40(36)46-45)37-22-9-11-24-41(37)47(42)32-17-12-16-30(27-32)39-28-31-15-4-5-18-33(31)34-19-6-7-20-35(34)39/h1-28H. The van der Waals surface area contributed by atoms with Crippen LogP contribution in [-0.4, -0.2) is 9.55 Å². The average molecular weight is 597 g/mol. The molecule has 0 unspecified atom stereocenters. The van der Waals surface area contributed by atoms with E-state index < -0.39 is 0 Å². The average Bonchev–Trinajstić information content (AvgIpc) is 3.49. The largest absolute Gasteiger partial charge is 0.309 e. The van der Waals surface area contributed by atoms with E-state index in [0.717, 1.165) is 22.5 Å². The van der Waals surface area contributed by atoms with Crippen molar-refractivity contribution in [3.8, 4) is 28.1 Å². The second-order valence-electron chi connectivity index (χ2n) is 12.3. The lowest BCUT2D eigenvalue weighted by Gasteiger charge is -2.14. The monoisotopic (exact) mass is 596 g/mol. The van der Waals surface area contributed by atoms with Gasteiger partial charge in [-0.1, -0.05) is 133 Å². The van der Waals surface area contributed by atoms with E-state index in [1.807, 2.05) is 0 Å². The summed E-state index contributed by atoms with van der Waals surface area (Å²) in [6, 6.07) is 61.4. The molecule has 0 amide bonds. The first-order valence-electron chi connectivity index (χ1n) is 16.1. The molecule has 0 fully saturated rings. The maximum Gasteiger partial charge on any atom is 0.0788 e. The topological polar surface area (TPSA) is 17.8 Å². The van der Waals surface area contributed by atoms with Gasteiger partial charge in [-0.05, 0) is 69.1 Å². The lowest BCUT2D eigenvalue weighted by Crippen LogP contribution is -1.95. The third kappa shape index (κ3) is 3.89. The Kier molecular flexibility index (Phi) is 5.61. The molecular weight excluding hydrogens is 569 g/mol. The van der Waals surface area contributed by atoms with Crippen LogP contribution in [0.5, 0.6) is 0 Å². The minimum absolute atomic E-state index is 1.01. The fourth-order valence-electron chi connectivity index (χ4n) is 7.70. The van der Waals surface area contributed by atoms with Crippen LogP contribution in [0.3, 0.4) is 0 Å². The number of hydrogen-bond acceptors (Lipinski definition) is 1. The van der Waals surface area contributed by atoms with E-state index in [-0.39, 0.29) is 0 Å². The van der Waals surface area contributed by atoms with Crippen LogP contribution in [0.1, 0.15) is 0 Å². The van der Waals surface area contributed by atoms with Crippen LogP contribution >= 0.6 is 0 Å². The first-order valence-corrected chi connectivity index (χ1v) is 16.1. The van der Waals surface area contributed by atoms with Crippen LogP contribution in [-0.2, 0) is 0 Å². The van der Waals surface area contributed by atoms with E-state index in [0.29, 0.717) is 0 Å². The molecule has 0 atom stereocenters. The smallest absolute Gasteiger partial charge is 0.0788 e. The Bertz CT molecular complexity index is 2840. The summed E-state index contributed by atoms with van der Waals surface area (Å²) in [5.74, 6) is 0. The van der Waals surface area contributed by atoms with Gasteiger partial charge in [0.2, 0.25) is 0 Å². The summed E-state index contributed by atoms with van der Waals surface area (Å²) in [5.41, 5.74) is 9.13. The SMILES string of the molecule is c1ccc(-c2nc3ccccc3c3c2ccc2c3c3ccccc3n2-c2cccc(-c3cc4ccccc4c4ccccc34)c2)cc1. The third-order valence-electron chi connectivity index (χ3n) is 9.73. The van der Waals surface area contributed by atoms with E-state index in [1.165, 1.54) is 70.6 Å². The normalized spacial score (nSPS) is 11.8. The minimum Gasteiger partial charge on any atom is -0.309 e. The van der Waals surface area contributed by atoms with Crippen molar-refractivity contribution in [1.82, 2.24) is 9.55 Å². The number of nitrogens with zero attached hydrogens (tertiary/aromatic N) is 2. The predicted molar refractivity (Wildman–Crippen MR) is 199 cm³/mol. The first-order chi connectivity index (χ1) is 23.3. The molecule has 0 N–H and O–H groups in total. The molecule has 0 saturated carbocycles. The van der Waals surface area contributed by atoms with Gasteiger partial charge in [0.25, 0.3) is 0 Å². The summed E-state index contributed by atoms with van der Waals surface area (Å²) in [5, 5.41) is 11.2. The number of benzene rings is 8. The molecule has 0 aliphatic heterocycles. The van der Waals surface area contributed by atoms with E-state index in [1.54, 1.807) is 0 Å². The summed E-state index contributed by atoms with van der Waals surface area (Å²) >= 11 is 0. The summed E-state index contributed by atoms with van der Waals surface area (Å²) in [6.45, 7) is 0. The number of aromatic nitrogens is 2. The van der Waals surface area contributed by atoms with E-state index in [2.05, 4.69) is 174 Å². The predicted octanol–water partition coefficient (Wildman–Crippen LogP) is 12.1. The Morgan fingerprint density at radius 3 is 1.94 bits per heavy atom. The highest BCUT2D eigenvalue weighted by atomic mass is 15.0. The maximum absolute atomic E-state index is 5.21. The van der Waals surface area contributed by atoms with Crippen molar-refractivity contribution in [2.75, 3.05) is 0 Å². The zero-order valence-electron chi connectivity index (χ0n) is 25.6. The third-order valence-corrected chi connectivity index (χ3v) is 9.73. The molecule has 10 aromatic rings. The molecule has 2 aromatic heterocycles. The van der Waals surface area contributed by atoms with Gasteiger partial charge in [-0.2, -0.15) is 0 Å². The lowest BCUT2D eigenvalue weighted by molar-refractivity contribution is 1.18. The second kappa shape index (κ2) is 10.1. The number of hydrogen-bond donors (Lipinski definition) is 0. The van der Waals surface area contributed by atoms with E-state index in [9.17, 15) is 0 Å². The van der Waals surface area contributed by atoms with Gasteiger partial charge in [-0.15, -0.1) is 0 Å². The van der Waals surface area contributed by atoms with Crippen molar-refractivity contribution in [2.24, 2.45) is 0 Å². The van der Waals surface area contributed by atoms with Gasteiger partial charge in [0, 0.05) is 38.2 Å². The van der Waals surface area contributed by atoms with Crippen LogP contribution in [0.15, 0.2) is 170 Å². The zero-order valence-corrected chi connectivity index (χ0v) is 25.6. The van der Waals surface area contributed by atoms with Crippen LogP contribution in [0.25, 0.3) is 93.1 Å². The van der Waals surface area contributed by atoms with E-state index >= 15 is 0 Å². The Morgan fingerprint density at radius 2 is 1.06 bits per heavy atom. The minimum atomic E-state index is 1.01. The molecule has 2 heteroatoms. The van der Waals surface area contributed by atoms with Crippen molar-refractivity contribution in [1.29, 1.82) is 0 Å². The summed E-state index contributed by atoms with van der Waals surface area (Å²) in [6.07, 6.45) is 0. The molecule has 47 heavy (non-hydrogen) atoms. The van der Waals surface area contributed by atoms with Crippen LogP contribution in [0.2, 0.25) is 0 Å². The fourth-order valence-corrected chi connectivity index (χ4v) is 7.70. The van der Waals surface area contributed by atoms with Crippen molar-refractivity contribution in [3.63, 3.8) is 0 Å². The maximum atomic E-state index is 5.21. The molecule has 0 aliphatic rings. The summed E-state index contributed by atoms with van der Waals surface area (Å²) < 4.78 is 2.44. The highest BCUT2D eigenvalue weighted by molar-refractivity contribution is 6.29. The Morgan fingerprint density at radius 1 is 0.383 bits per heavy atom. The molecule has 0 radical (unpaired) electrons. The lowest BCUT2D eigenvalue weighted by atomic mass is 9.93. The van der Waals surface area contributed by atoms with Gasteiger partial charge < -0.3 is 4.57 Å². The first kappa shape index (κ1) is 26.0. The van der Waals surface area contributed by atoms with Gasteiger partial charge in [0.1, 0.15) is 0 Å². The quantitative estimate of drug-likeness (QED) is 0.186. The molecule has 0 aliphatic carbocycles. The molecular formula is C45H28N2. The van der Waals surface area contributed by atoms with Gasteiger partial charge in [0.15, 0.2) is 0 Å². The van der Waals surface area contributed by atoms with Crippen molar-refractivity contribution >= 4 is 65.0 Å². The zero-order chi connectivity index (χ0) is 30.9. The van der Waals surface area contributed by atoms with Gasteiger partial charge in [0.05, 0.1) is 22.2 Å². The number of rotatable bonds is 3.